The average molecular weight is 436 g/mol. The largest absolute Gasteiger partial charge is 0.489 e. The van der Waals surface area contributed by atoms with Crippen LogP contribution in [0.15, 0.2) is 71.6 Å². The zero-order valence-electron chi connectivity index (χ0n) is 16.5. The first kappa shape index (κ1) is 20.6. The van der Waals surface area contributed by atoms with Crippen LogP contribution in [0, 0.1) is 0 Å². The zero-order chi connectivity index (χ0) is 20.9. The van der Waals surface area contributed by atoms with E-state index in [1.165, 1.54) is 22.5 Å². The van der Waals surface area contributed by atoms with Crippen molar-refractivity contribution in [2.24, 2.45) is 0 Å². The smallest absolute Gasteiger partial charge is 0.266 e. The van der Waals surface area contributed by atoms with Gasteiger partial charge in [0.2, 0.25) is 0 Å². The van der Waals surface area contributed by atoms with Crippen molar-refractivity contribution in [3.63, 3.8) is 0 Å². The maximum absolute atomic E-state index is 12.5. The van der Waals surface area contributed by atoms with E-state index in [-0.39, 0.29) is 5.91 Å². The molecule has 3 aromatic carbocycles. The second kappa shape index (κ2) is 9.43. The van der Waals surface area contributed by atoms with E-state index in [4.69, 9.17) is 21.7 Å². The van der Waals surface area contributed by atoms with Crippen molar-refractivity contribution in [1.29, 1.82) is 0 Å². The van der Waals surface area contributed by atoms with Gasteiger partial charge in [-0.1, -0.05) is 78.6 Å². The van der Waals surface area contributed by atoms with Crippen LogP contribution in [0.2, 0.25) is 0 Å². The molecule has 0 bridgehead atoms. The van der Waals surface area contributed by atoms with Gasteiger partial charge in [-0.15, -0.1) is 0 Å². The molecule has 0 saturated carbocycles. The lowest BCUT2D eigenvalue weighted by atomic mass is 10.1. The van der Waals surface area contributed by atoms with Gasteiger partial charge >= 0.3 is 0 Å². The molecule has 6 heteroatoms. The summed E-state index contributed by atoms with van der Waals surface area (Å²) in [5.41, 5.74) is 2.08. The monoisotopic (exact) mass is 435 g/mol. The molecule has 3 aromatic rings. The Morgan fingerprint density at radius 1 is 1.03 bits per heavy atom. The highest BCUT2D eigenvalue weighted by Gasteiger charge is 2.31. The third-order valence-electron chi connectivity index (χ3n) is 4.84. The van der Waals surface area contributed by atoms with E-state index in [1.807, 2.05) is 48.5 Å². The van der Waals surface area contributed by atoms with Gasteiger partial charge in [-0.25, -0.2) is 0 Å². The van der Waals surface area contributed by atoms with Crippen LogP contribution < -0.4 is 4.74 Å². The molecular weight excluding hydrogens is 414 g/mol. The first-order valence-electron chi connectivity index (χ1n) is 9.59. The van der Waals surface area contributed by atoms with E-state index in [2.05, 4.69) is 24.3 Å². The summed E-state index contributed by atoms with van der Waals surface area (Å²) in [4.78, 5) is 14.7. The Balaban J connectivity index is 1.42. The van der Waals surface area contributed by atoms with Crippen molar-refractivity contribution >= 4 is 51.1 Å². The van der Waals surface area contributed by atoms with Crippen LogP contribution in [0.1, 0.15) is 11.1 Å². The van der Waals surface area contributed by atoms with Crippen molar-refractivity contribution in [3.8, 4) is 5.75 Å². The Hall–Kier alpha value is -2.67. The van der Waals surface area contributed by atoms with E-state index in [1.54, 1.807) is 12.0 Å². The van der Waals surface area contributed by atoms with E-state index in [9.17, 15) is 4.79 Å². The van der Waals surface area contributed by atoms with Crippen molar-refractivity contribution in [3.05, 3.63) is 82.8 Å². The summed E-state index contributed by atoms with van der Waals surface area (Å²) in [7, 11) is 1.61. The Morgan fingerprint density at radius 3 is 2.60 bits per heavy atom. The molecule has 152 valence electrons. The third kappa shape index (κ3) is 4.56. The number of fused-ring (bicyclic) bond motifs is 1. The van der Waals surface area contributed by atoms with Gasteiger partial charge < -0.3 is 9.47 Å². The molecule has 0 atom stereocenters. The Kier molecular flexibility index (Phi) is 6.47. The van der Waals surface area contributed by atoms with Crippen LogP contribution in [-0.2, 0) is 16.1 Å². The van der Waals surface area contributed by atoms with Gasteiger partial charge in [0, 0.05) is 7.11 Å². The molecule has 1 aliphatic heterocycles. The number of thiocarbonyl (C=S) groups is 1. The van der Waals surface area contributed by atoms with Gasteiger partial charge in [0.1, 0.15) is 16.7 Å². The number of nitrogens with zero attached hydrogens (tertiary/aromatic N) is 1. The molecule has 0 spiro atoms. The molecule has 0 radical (unpaired) electrons. The predicted molar refractivity (Wildman–Crippen MR) is 126 cm³/mol. The number of amides is 1. The Labute approximate surface area is 185 Å². The van der Waals surface area contributed by atoms with E-state index >= 15 is 0 Å². The van der Waals surface area contributed by atoms with Crippen LogP contribution in [0.3, 0.4) is 0 Å². The highest BCUT2D eigenvalue weighted by Crippen LogP contribution is 2.32. The van der Waals surface area contributed by atoms with E-state index in [0.29, 0.717) is 29.0 Å². The standard InChI is InChI=1S/C24H21NO3S2/c1-27-14-13-25-23(26)22(30-24(25)29)15-17-9-11-20(12-10-17)28-16-19-7-4-6-18-5-2-3-8-21(18)19/h2-12,15H,13-14,16H2,1H3. The minimum Gasteiger partial charge on any atom is -0.489 e. The second-order valence-corrected chi connectivity index (χ2v) is 8.50. The number of carbonyl (C=O) groups is 1. The van der Waals surface area contributed by atoms with Crippen LogP contribution in [0.4, 0.5) is 0 Å². The first-order chi connectivity index (χ1) is 14.7. The quantitative estimate of drug-likeness (QED) is 0.374. The van der Waals surface area contributed by atoms with Crippen LogP contribution in [0.5, 0.6) is 5.75 Å². The fraction of sp³-hybridized carbons (Fsp3) is 0.167. The molecule has 1 fully saturated rings. The number of methoxy groups -OCH3 is 1. The molecule has 1 heterocycles. The lowest BCUT2D eigenvalue weighted by Gasteiger charge is -2.12. The van der Waals surface area contributed by atoms with Crippen molar-refractivity contribution in [2.75, 3.05) is 20.3 Å². The highest BCUT2D eigenvalue weighted by atomic mass is 32.2. The Morgan fingerprint density at radius 2 is 1.80 bits per heavy atom. The number of ether oxygens (including phenoxy) is 2. The fourth-order valence-corrected chi connectivity index (χ4v) is 4.58. The Bertz CT molecular complexity index is 1100. The predicted octanol–water partition coefficient (Wildman–Crippen LogP) is 5.27. The van der Waals surface area contributed by atoms with Gasteiger partial charge in [-0.3, -0.25) is 9.69 Å². The molecule has 4 rings (SSSR count). The summed E-state index contributed by atoms with van der Waals surface area (Å²) < 4.78 is 11.6. The maximum Gasteiger partial charge on any atom is 0.266 e. The fourth-order valence-electron chi connectivity index (χ4n) is 3.27. The lowest BCUT2D eigenvalue weighted by molar-refractivity contribution is -0.122. The molecule has 1 aliphatic rings. The van der Waals surface area contributed by atoms with Crippen molar-refractivity contribution in [1.82, 2.24) is 4.90 Å². The number of thioether (sulfide) groups is 1. The zero-order valence-corrected chi connectivity index (χ0v) is 18.2. The molecule has 1 saturated heterocycles. The van der Waals surface area contributed by atoms with Crippen molar-refractivity contribution in [2.45, 2.75) is 6.61 Å². The van der Waals surface area contributed by atoms with Gasteiger partial charge in [0.05, 0.1) is 18.1 Å². The lowest BCUT2D eigenvalue weighted by Crippen LogP contribution is -2.31. The average Bonchev–Trinajstić information content (AvgIpc) is 3.04. The molecule has 30 heavy (non-hydrogen) atoms. The molecular formula is C24H21NO3S2. The van der Waals surface area contributed by atoms with Crippen LogP contribution >= 0.6 is 24.0 Å². The number of carbonyl (C=O) groups excluding carboxylic acids is 1. The number of hydrogen-bond acceptors (Lipinski definition) is 5. The third-order valence-corrected chi connectivity index (χ3v) is 6.22. The minimum atomic E-state index is -0.0710. The first-order valence-corrected chi connectivity index (χ1v) is 10.8. The minimum absolute atomic E-state index is 0.0710. The SMILES string of the molecule is COCCN1C(=O)C(=Cc2ccc(OCc3cccc4ccccc34)cc2)SC1=S. The van der Waals surface area contributed by atoms with Gasteiger partial charge in [0.25, 0.3) is 5.91 Å². The number of benzene rings is 3. The van der Waals surface area contributed by atoms with Crippen LogP contribution in [0.25, 0.3) is 16.8 Å². The number of hydrogen-bond donors (Lipinski definition) is 0. The van der Waals surface area contributed by atoms with Crippen molar-refractivity contribution < 1.29 is 14.3 Å². The normalized spacial score (nSPS) is 15.4. The molecule has 0 N–H and O–H groups in total. The topological polar surface area (TPSA) is 38.8 Å². The molecule has 0 aromatic heterocycles. The maximum atomic E-state index is 12.5. The second-order valence-electron chi connectivity index (χ2n) is 6.82. The van der Waals surface area contributed by atoms with Gasteiger partial charge in [-0.05, 0) is 40.1 Å². The summed E-state index contributed by atoms with van der Waals surface area (Å²) in [6.07, 6.45) is 1.86. The number of rotatable bonds is 7. The van der Waals surface area contributed by atoms with Crippen LogP contribution in [-0.4, -0.2) is 35.4 Å². The van der Waals surface area contributed by atoms with E-state index < -0.39 is 0 Å². The molecule has 0 aliphatic carbocycles. The van der Waals surface area contributed by atoms with E-state index in [0.717, 1.165) is 16.9 Å². The summed E-state index contributed by atoms with van der Waals surface area (Å²) >= 11 is 6.63. The summed E-state index contributed by atoms with van der Waals surface area (Å²) in [6.45, 7) is 1.43. The highest BCUT2D eigenvalue weighted by molar-refractivity contribution is 8.26. The summed E-state index contributed by atoms with van der Waals surface area (Å²) in [5.74, 6) is 0.714. The molecule has 0 unspecified atom stereocenters. The molecule has 4 nitrogen and oxygen atoms in total. The van der Waals surface area contributed by atoms with Gasteiger partial charge in [-0.2, -0.15) is 0 Å². The van der Waals surface area contributed by atoms with Gasteiger partial charge in [0.15, 0.2) is 0 Å². The summed E-state index contributed by atoms with van der Waals surface area (Å²) in [6, 6.07) is 22.3. The summed E-state index contributed by atoms with van der Waals surface area (Å²) in [5, 5.41) is 2.41. The molecule has 1 amide bonds.